The van der Waals surface area contributed by atoms with Gasteiger partial charge in [0.2, 0.25) is 11.8 Å². The number of nitrogens with one attached hydrogen (secondary N) is 2. The molecule has 0 atom stereocenters. The number of carbonyl (C=O) groups excluding carboxylic acids is 2. The molecule has 0 bridgehead atoms. The maximum Gasteiger partial charge on any atom is 0.238 e. The van der Waals surface area contributed by atoms with E-state index in [1.165, 1.54) is 16.9 Å². The molecular formula is C25H28N4O4S. The number of benzene rings is 2. The Labute approximate surface area is 202 Å². The minimum Gasteiger partial charge on any atom is -0.486 e. The van der Waals surface area contributed by atoms with Gasteiger partial charge in [0, 0.05) is 29.8 Å². The Kier molecular flexibility index (Phi) is 8.24. The van der Waals surface area contributed by atoms with Crippen LogP contribution in [0.25, 0.3) is 0 Å². The minimum absolute atomic E-state index is 0.0654. The van der Waals surface area contributed by atoms with Gasteiger partial charge in [-0.1, -0.05) is 17.7 Å². The van der Waals surface area contributed by atoms with Crippen LogP contribution in [-0.4, -0.2) is 54.5 Å². The molecule has 1 saturated heterocycles. The molecular weight excluding hydrogens is 452 g/mol. The van der Waals surface area contributed by atoms with Crippen molar-refractivity contribution in [3.05, 3.63) is 70.2 Å². The van der Waals surface area contributed by atoms with E-state index in [4.69, 9.17) is 9.47 Å². The van der Waals surface area contributed by atoms with Crippen LogP contribution in [0.5, 0.6) is 5.75 Å². The van der Waals surface area contributed by atoms with Crippen molar-refractivity contribution in [2.45, 2.75) is 20.0 Å². The van der Waals surface area contributed by atoms with Gasteiger partial charge < -0.3 is 20.1 Å². The van der Waals surface area contributed by atoms with Crippen molar-refractivity contribution in [3.8, 4) is 5.75 Å². The summed E-state index contributed by atoms with van der Waals surface area (Å²) in [5, 5.41) is 8.45. The highest BCUT2D eigenvalue weighted by atomic mass is 32.1. The molecule has 0 aliphatic carbocycles. The number of amides is 2. The van der Waals surface area contributed by atoms with Crippen LogP contribution in [0.1, 0.15) is 16.3 Å². The van der Waals surface area contributed by atoms with Crippen molar-refractivity contribution in [2.24, 2.45) is 0 Å². The molecule has 1 aliphatic rings. The number of aromatic nitrogens is 1. The van der Waals surface area contributed by atoms with E-state index in [0.29, 0.717) is 43.4 Å². The standard InChI is InChI=1S/C25H28N4O4S/c1-18-2-8-22(9-3-18)33-16-25-28-21(17-34-25)14-23(30)26-19-4-6-20(7-5-19)27-24(31)15-29-10-12-32-13-11-29/h2-9,17H,10-16H2,1H3,(H,26,30)(H,27,31). The topological polar surface area (TPSA) is 92.8 Å². The Morgan fingerprint density at radius 3 is 2.32 bits per heavy atom. The molecule has 1 fully saturated rings. The summed E-state index contributed by atoms with van der Waals surface area (Å²) >= 11 is 1.47. The lowest BCUT2D eigenvalue weighted by atomic mass is 10.2. The Morgan fingerprint density at radius 1 is 1.00 bits per heavy atom. The second-order valence-electron chi connectivity index (χ2n) is 8.07. The zero-order chi connectivity index (χ0) is 23.8. The quantitative estimate of drug-likeness (QED) is 0.487. The predicted molar refractivity (Wildman–Crippen MR) is 132 cm³/mol. The fourth-order valence-electron chi connectivity index (χ4n) is 3.45. The molecule has 0 saturated carbocycles. The summed E-state index contributed by atoms with van der Waals surface area (Å²) in [5.74, 6) is 0.575. The van der Waals surface area contributed by atoms with E-state index in [2.05, 4.69) is 20.5 Å². The molecule has 178 valence electrons. The maximum absolute atomic E-state index is 12.4. The van der Waals surface area contributed by atoms with Crippen molar-refractivity contribution in [1.29, 1.82) is 0 Å². The number of hydrogen-bond acceptors (Lipinski definition) is 7. The minimum atomic E-state index is -0.152. The van der Waals surface area contributed by atoms with Crippen LogP contribution in [0, 0.1) is 6.92 Å². The molecule has 0 unspecified atom stereocenters. The number of thiazole rings is 1. The van der Waals surface area contributed by atoms with Crippen LogP contribution in [0.15, 0.2) is 53.9 Å². The second kappa shape index (κ2) is 11.7. The van der Waals surface area contributed by atoms with Gasteiger partial charge in [0.1, 0.15) is 17.4 Å². The molecule has 9 heteroatoms. The number of hydrogen-bond donors (Lipinski definition) is 2. The first kappa shape index (κ1) is 23.9. The maximum atomic E-state index is 12.4. The largest absolute Gasteiger partial charge is 0.486 e. The van der Waals surface area contributed by atoms with E-state index >= 15 is 0 Å². The third kappa shape index (κ3) is 7.38. The molecule has 3 aromatic rings. The molecule has 0 radical (unpaired) electrons. The summed E-state index contributed by atoms with van der Waals surface area (Å²) in [4.78, 5) is 31.2. The SMILES string of the molecule is Cc1ccc(OCc2nc(CC(=O)Nc3ccc(NC(=O)CN4CCOCC4)cc3)cs2)cc1. The molecule has 0 spiro atoms. The third-order valence-electron chi connectivity index (χ3n) is 5.25. The average molecular weight is 481 g/mol. The van der Waals surface area contributed by atoms with Crippen LogP contribution in [0.2, 0.25) is 0 Å². The Balaban J connectivity index is 1.21. The van der Waals surface area contributed by atoms with Gasteiger partial charge in [0.15, 0.2) is 0 Å². The lowest BCUT2D eigenvalue weighted by Crippen LogP contribution is -2.41. The number of aryl methyl sites for hydroxylation is 1. The van der Waals surface area contributed by atoms with E-state index < -0.39 is 0 Å². The number of rotatable bonds is 9. The fourth-order valence-corrected chi connectivity index (χ4v) is 4.15. The van der Waals surface area contributed by atoms with E-state index in [0.717, 1.165) is 23.8 Å². The highest BCUT2D eigenvalue weighted by Gasteiger charge is 2.14. The van der Waals surface area contributed by atoms with Crippen LogP contribution < -0.4 is 15.4 Å². The first-order chi connectivity index (χ1) is 16.5. The molecule has 1 aromatic heterocycles. The smallest absolute Gasteiger partial charge is 0.238 e. The first-order valence-electron chi connectivity index (χ1n) is 11.2. The van der Waals surface area contributed by atoms with Gasteiger partial charge >= 0.3 is 0 Å². The highest BCUT2D eigenvalue weighted by Crippen LogP contribution is 2.18. The zero-order valence-corrected chi connectivity index (χ0v) is 19.9. The normalized spacial score (nSPS) is 13.9. The van der Waals surface area contributed by atoms with Gasteiger partial charge in [0.25, 0.3) is 0 Å². The summed E-state index contributed by atoms with van der Waals surface area (Å²) in [7, 11) is 0. The van der Waals surface area contributed by atoms with E-state index in [-0.39, 0.29) is 18.2 Å². The van der Waals surface area contributed by atoms with Gasteiger partial charge in [-0.2, -0.15) is 0 Å². The van der Waals surface area contributed by atoms with Crippen LogP contribution >= 0.6 is 11.3 Å². The number of nitrogens with zero attached hydrogens (tertiary/aromatic N) is 2. The van der Waals surface area contributed by atoms with Gasteiger partial charge in [-0.25, -0.2) is 4.98 Å². The van der Waals surface area contributed by atoms with Crippen molar-refractivity contribution in [1.82, 2.24) is 9.88 Å². The van der Waals surface area contributed by atoms with E-state index in [1.807, 2.05) is 36.6 Å². The first-order valence-corrected chi connectivity index (χ1v) is 12.0. The molecule has 2 N–H and O–H groups in total. The Bertz CT molecular complexity index is 1090. The van der Waals surface area contributed by atoms with Crippen LogP contribution in [0.3, 0.4) is 0 Å². The summed E-state index contributed by atoms with van der Waals surface area (Å²) in [5.41, 5.74) is 3.23. The van der Waals surface area contributed by atoms with Gasteiger partial charge in [-0.3, -0.25) is 14.5 Å². The van der Waals surface area contributed by atoms with E-state index in [1.54, 1.807) is 24.3 Å². The molecule has 2 amide bonds. The monoisotopic (exact) mass is 480 g/mol. The number of anilines is 2. The predicted octanol–water partition coefficient (Wildman–Crippen LogP) is 3.48. The summed E-state index contributed by atoms with van der Waals surface area (Å²) in [6, 6.07) is 14.9. The fraction of sp³-hybridized carbons (Fsp3) is 0.320. The lowest BCUT2D eigenvalue weighted by Gasteiger charge is -2.25. The van der Waals surface area contributed by atoms with Crippen LogP contribution in [0.4, 0.5) is 11.4 Å². The molecule has 4 rings (SSSR count). The highest BCUT2D eigenvalue weighted by molar-refractivity contribution is 7.09. The third-order valence-corrected chi connectivity index (χ3v) is 6.12. The summed E-state index contributed by atoms with van der Waals surface area (Å²) in [6.45, 7) is 5.58. The van der Waals surface area contributed by atoms with Crippen molar-refractivity contribution in [2.75, 3.05) is 43.5 Å². The molecule has 1 aliphatic heterocycles. The van der Waals surface area contributed by atoms with Crippen molar-refractivity contribution >= 4 is 34.5 Å². The van der Waals surface area contributed by atoms with Gasteiger partial charge in [0.05, 0.1) is 31.9 Å². The zero-order valence-electron chi connectivity index (χ0n) is 19.1. The van der Waals surface area contributed by atoms with Gasteiger partial charge in [-0.15, -0.1) is 11.3 Å². The number of ether oxygens (including phenoxy) is 2. The average Bonchev–Trinajstić information content (AvgIpc) is 3.27. The van der Waals surface area contributed by atoms with Crippen molar-refractivity contribution in [3.63, 3.8) is 0 Å². The second-order valence-corrected chi connectivity index (χ2v) is 9.02. The Hall–Kier alpha value is -3.27. The van der Waals surface area contributed by atoms with Gasteiger partial charge in [-0.05, 0) is 43.3 Å². The van der Waals surface area contributed by atoms with Crippen molar-refractivity contribution < 1.29 is 19.1 Å². The van der Waals surface area contributed by atoms with E-state index in [9.17, 15) is 9.59 Å². The summed E-state index contributed by atoms with van der Waals surface area (Å²) < 4.78 is 11.0. The molecule has 2 heterocycles. The molecule has 2 aromatic carbocycles. The molecule has 34 heavy (non-hydrogen) atoms. The number of morpholine rings is 1. The Morgan fingerprint density at radius 2 is 1.65 bits per heavy atom. The molecule has 8 nitrogen and oxygen atoms in total. The number of carbonyl (C=O) groups is 2. The summed E-state index contributed by atoms with van der Waals surface area (Å²) in [6.07, 6.45) is 0.180. The van der Waals surface area contributed by atoms with Crippen LogP contribution in [-0.2, 0) is 27.4 Å². The lowest BCUT2D eigenvalue weighted by molar-refractivity contribution is -0.118.